The van der Waals surface area contributed by atoms with Crippen LogP contribution in [0.2, 0.25) is 0 Å². The van der Waals surface area contributed by atoms with E-state index < -0.39 is 0 Å². The van der Waals surface area contributed by atoms with Crippen LogP contribution in [-0.4, -0.2) is 10.9 Å². The summed E-state index contributed by atoms with van der Waals surface area (Å²) < 4.78 is 26.7. The number of carbonyl (C=O) groups is 1. The van der Waals surface area contributed by atoms with Crippen molar-refractivity contribution in [2.45, 2.75) is 13.0 Å². The van der Waals surface area contributed by atoms with Crippen molar-refractivity contribution < 1.29 is 13.6 Å². The van der Waals surface area contributed by atoms with Crippen molar-refractivity contribution in [1.82, 2.24) is 4.98 Å². The molecule has 0 atom stereocenters. The van der Waals surface area contributed by atoms with Gasteiger partial charge in [0.2, 0.25) is 5.91 Å². The molecule has 0 bridgehead atoms. The van der Waals surface area contributed by atoms with E-state index in [1.54, 1.807) is 48.7 Å². The van der Waals surface area contributed by atoms with E-state index in [1.165, 1.54) is 18.2 Å². The number of halogens is 2. The smallest absolute Gasteiger partial charge is 0.229 e. The van der Waals surface area contributed by atoms with Crippen molar-refractivity contribution in [1.29, 1.82) is 0 Å². The Balaban J connectivity index is 1.54. The summed E-state index contributed by atoms with van der Waals surface area (Å²) >= 11 is 0. The summed E-state index contributed by atoms with van der Waals surface area (Å²) in [5.41, 5.74) is 1.85. The maximum atomic E-state index is 13.6. The Morgan fingerprint density at radius 3 is 2.58 bits per heavy atom. The number of hydrogen-bond acceptors (Lipinski definition) is 3. The Kier molecular flexibility index (Phi) is 5.53. The Hall–Kier alpha value is -3.28. The molecule has 2 aromatic carbocycles. The highest BCUT2D eigenvalue weighted by atomic mass is 19.1. The molecule has 4 nitrogen and oxygen atoms in total. The molecule has 0 radical (unpaired) electrons. The Morgan fingerprint density at radius 1 is 1.00 bits per heavy atom. The van der Waals surface area contributed by atoms with Crippen LogP contribution < -0.4 is 10.6 Å². The summed E-state index contributed by atoms with van der Waals surface area (Å²) in [5.74, 6) is -0.536. The topological polar surface area (TPSA) is 54.0 Å². The van der Waals surface area contributed by atoms with Gasteiger partial charge >= 0.3 is 0 Å². The normalized spacial score (nSPS) is 10.4. The Morgan fingerprint density at radius 2 is 1.85 bits per heavy atom. The van der Waals surface area contributed by atoms with E-state index in [4.69, 9.17) is 0 Å². The standard InChI is InChI=1S/C20H17F2N3O/c21-16-6-3-4-14(10-16)11-20(26)25-19-9-8-17(13-24-19)23-12-15-5-1-2-7-18(15)22/h1-10,13,23H,11-12H2,(H,24,25,26). The highest BCUT2D eigenvalue weighted by molar-refractivity contribution is 5.91. The van der Waals surface area contributed by atoms with Gasteiger partial charge in [0.05, 0.1) is 18.3 Å². The minimum atomic E-state index is -0.376. The molecule has 26 heavy (non-hydrogen) atoms. The largest absolute Gasteiger partial charge is 0.380 e. The molecule has 0 unspecified atom stereocenters. The lowest BCUT2D eigenvalue weighted by Crippen LogP contribution is -2.15. The molecule has 0 saturated heterocycles. The van der Waals surface area contributed by atoms with Crippen molar-refractivity contribution in [2.24, 2.45) is 0 Å². The van der Waals surface area contributed by atoms with Gasteiger partial charge in [0.15, 0.2) is 0 Å². The lowest BCUT2D eigenvalue weighted by Gasteiger charge is -2.09. The predicted molar refractivity (Wildman–Crippen MR) is 96.7 cm³/mol. The second-order valence-corrected chi connectivity index (χ2v) is 5.73. The van der Waals surface area contributed by atoms with Crippen molar-refractivity contribution in [3.8, 4) is 0 Å². The fraction of sp³-hybridized carbons (Fsp3) is 0.100. The first-order valence-corrected chi connectivity index (χ1v) is 8.08. The van der Waals surface area contributed by atoms with Crippen LogP contribution in [0.1, 0.15) is 11.1 Å². The number of rotatable bonds is 6. The van der Waals surface area contributed by atoms with Gasteiger partial charge in [-0.15, -0.1) is 0 Å². The van der Waals surface area contributed by atoms with Gasteiger partial charge in [0.1, 0.15) is 17.5 Å². The molecule has 1 aromatic heterocycles. The van der Waals surface area contributed by atoms with Gasteiger partial charge in [0, 0.05) is 12.1 Å². The second kappa shape index (κ2) is 8.20. The number of anilines is 2. The van der Waals surface area contributed by atoms with Crippen molar-refractivity contribution >= 4 is 17.4 Å². The SMILES string of the molecule is O=C(Cc1cccc(F)c1)Nc1ccc(NCc2ccccc2F)cn1. The Labute approximate surface area is 149 Å². The number of nitrogens with one attached hydrogen (secondary N) is 2. The van der Waals surface area contributed by atoms with Gasteiger partial charge in [-0.05, 0) is 35.9 Å². The molecule has 0 aliphatic rings. The van der Waals surface area contributed by atoms with E-state index in [-0.39, 0.29) is 24.0 Å². The van der Waals surface area contributed by atoms with Crippen molar-refractivity contribution in [3.05, 3.63) is 89.6 Å². The van der Waals surface area contributed by atoms with E-state index in [0.29, 0.717) is 29.2 Å². The number of pyridine rings is 1. The average molecular weight is 353 g/mol. The van der Waals surface area contributed by atoms with E-state index in [9.17, 15) is 13.6 Å². The molecule has 0 saturated carbocycles. The number of benzene rings is 2. The van der Waals surface area contributed by atoms with Gasteiger partial charge in [-0.2, -0.15) is 0 Å². The lowest BCUT2D eigenvalue weighted by molar-refractivity contribution is -0.115. The molecule has 0 aliphatic heterocycles. The summed E-state index contributed by atoms with van der Waals surface area (Å²) in [6, 6.07) is 15.8. The molecule has 2 N–H and O–H groups in total. The first-order chi connectivity index (χ1) is 12.6. The van der Waals surface area contributed by atoms with Gasteiger partial charge in [-0.3, -0.25) is 4.79 Å². The highest BCUT2D eigenvalue weighted by Crippen LogP contribution is 2.13. The third kappa shape index (κ3) is 4.86. The van der Waals surface area contributed by atoms with Crippen molar-refractivity contribution in [2.75, 3.05) is 10.6 Å². The average Bonchev–Trinajstić information content (AvgIpc) is 2.62. The minimum Gasteiger partial charge on any atom is -0.380 e. The van der Waals surface area contributed by atoms with Crippen molar-refractivity contribution in [3.63, 3.8) is 0 Å². The second-order valence-electron chi connectivity index (χ2n) is 5.73. The molecule has 1 heterocycles. The number of amides is 1. The zero-order valence-electron chi connectivity index (χ0n) is 13.9. The summed E-state index contributed by atoms with van der Waals surface area (Å²) in [4.78, 5) is 16.1. The van der Waals surface area contributed by atoms with Crippen LogP contribution in [0.5, 0.6) is 0 Å². The monoisotopic (exact) mass is 353 g/mol. The lowest BCUT2D eigenvalue weighted by atomic mass is 10.1. The van der Waals surface area contributed by atoms with Crippen LogP contribution in [0.25, 0.3) is 0 Å². The van der Waals surface area contributed by atoms with E-state index >= 15 is 0 Å². The number of aromatic nitrogens is 1. The molecule has 3 rings (SSSR count). The molecule has 6 heteroatoms. The first-order valence-electron chi connectivity index (χ1n) is 8.08. The van der Waals surface area contributed by atoms with E-state index in [2.05, 4.69) is 15.6 Å². The number of carbonyl (C=O) groups excluding carboxylic acids is 1. The van der Waals surface area contributed by atoms with Crippen LogP contribution in [-0.2, 0) is 17.8 Å². The number of nitrogens with zero attached hydrogens (tertiary/aromatic N) is 1. The zero-order valence-corrected chi connectivity index (χ0v) is 13.9. The third-order valence-corrected chi connectivity index (χ3v) is 3.73. The summed E-state index contributed by atoms with van der Waals surface area (Å²) in [7, 11) is 0. The molecule has 132 valence electrons. The quantitative estimate of drug-likeness (QED) is 0.700. The summed E-state index contributed by atoms with van der Waals surface area (Å²) in [6.45, 7) is 0.333. The molecule has 3 aromatic rings. The fourth-order valence-electron chi connectivity index (χ4n) is 2.43. The minimum absolute atomic E-state index is 0.0622. The van der Waals surface area contributed by atoms with E-state index in [0.717, 1.165) is 0 Å². The van der Waals surface area contributed by atoms with Gasteiger partial charge < -0.3 is 10.6 Å². The predicted octanol–water partition coefficient (Wildman–Crippen LogP) is 4.15. The zero-order chi connectivity index (χ0) is 18.4. The molecule has 0 fully saturated rings. The van der Waals surface area contributed by atoms with Crippen LogP contribution in [0.3, 0.4) is 0 Å². The molecule has 0 spiro atoms. The Bertz CT molecular complexity index is 898. The van der Waals surface area contributed by atoms with Gasteiger partial charge in [-0.1, -0.05) is 30.3 Å². The highest BCUT2D eigenvalue weighted by Gasteiger charge is 2.06. The maximum Gasteiger partial charge on any atom is 0.229 e. The molecular weight excluding hydrogens is 336 g/mol. The van der Waals surface area contributed by atoms with E-state index in [1.807, 2.05) is 0 Å². The molecule has 1 amide bonds. The first kappa shape index (κ1) is 17.5. The maximum absolute atomic E-state index is 13.6. The summed E-state index contributed by atoms with van der Waals surface area (Å²) in [5, 5.41) is 5.73. The van der Waals surface area contributed by atoms with Crippen LogP contribution in [0.15, 0.2) is 66.9 Å². The van der Waals surface area contributed by atoms with Crippen LogP contribution in [0.4, 0.5) is 20.3 Å². The molecular formula is C20H17F2N3O. The summed E-state index contributed by atoms with van der Waals surface area (Å²) in [6.07, 6.45) is 1.62. The number of hydrogen-bond donors (Lipinski definition) is 2. The fourth-order valence-corrected chi connectivity index (χ4v) is 2.43. The van der Waals surface area contributed by atoms with Gasteiger partial charge in [-0.25, -0.2) is 13.8 Å². The van der Waals surface area contributed by atoms with Gasteiger partial charge in [0.25, 0.3) is 0 Å². The third-order valence-electron chi connectivity index (χ3n) is 3.73. The molecule has 0 aliphatic carbocycles. The van der Waals surface area contributed by atoms with Crippen LogP contribution in [0, 0.1) is 11.6 Å². The van der Waals surface area contributed by atoms with Crippen LogP contribution >= 0.6 is 0 Å².